The van der Waals surface area contributed by atoms with Crippen molar-refractivity contribution in [1.29, 1.82) is 0 Å². The van der Waals surface area contributed by atoms with E-state index in [4.69, 9.17) is 0 Å². The first-order valence-electron chi connectivity index (χ1n) is 6.95. The van der Waals surface area contributed by atoms with Crippen LogP contribution in [-0.4, -0.2) is 29.9 Å². The Morgan fingerprint density at radius 1 is 1.44 bits per heavy atom. The Bertz CT molecular complexity index is 361. The monoisotopic (exact) mass is 246 g/mol. The number of nitrogens with zero attached hydrogens (tertiary/aromatic N) is 2. The minimum atomic E-state index is 0.441. The van der Waals surface area contributed by atoms with Crippen LogP contribution in [0.3, 0.4) is 0 Å². The summed E-state index contributed by atoms with van der Waals surface area (Å²) < 4.78 is 0. The van der Waals surface area contributed by atoms with Gasteiger partial charge in [0.05, 0.1) is 11.9 Å². The molecule has 18 heavy (non-hydrogen) atoms. The molecular formula is C16H26N2. The van der Waals surface area contributed by atoms with Crippen LogP contribution < -0.4 is 0 Å². The molecule has 1 atom stereocenters. The van der Waals surface area contributed by atoms with E-state index in [0.717, 1.165) is 25.3 Å². The average Bonchev–Trinajstić information content (AvgIpc) is 2.66. The van der Waals surface area contributed by atoms with Gasteiger partial charge < -0.3 is 4.90 Å². The zero-order chi connectivity index (χ0) is 13.4. The summed E-state index contributed by atoms with van der Waals surface area (Å²) >= 11 is 0. The first-order valence-corrected chi connectivity index (χ1v) is 6.95. The molecular weight excluding hydrogens is 220 g/mol. The summed E-state index contributed by atoms with van der Waals surface area (Å²) in [5.74, 6) is 1.16. The van der Waals surface area contributed by atoms with Crippen LogP contribution in [0.15, 0.2) is 40.9 Å². The molecule has 1 heterocycles. The number of hydrogen-bond acceptors (Lipinski definition) is 2. The Kier molecular flexibility index (Phi) is 6.48. The van der Waals surface area contributed by atoms with E-state index in [1.807, 2.05) is 0 Å². The van der Waals surface area contributed by atoms with E-state index in [1.165, 1.54) is 12.0 Å². The van der Waals surface area contributed by atoms with E-state index >= 15 is 0 Å². The number of allylic oxidation sites excluding steroid dienone is 4. The lowest BCUT2D eigenvalue weighted by molar-refractivity contribution is 0.464. The van der Waals surface area contributed by atoms with Gasteiger partial charge in [-0.2, -0.15) is 0 Å². The standard InChI is InChI=1S/C16H26N2/c1-5-7-8-9-10-11-16(6-2)13-18-12-14(3)17-15(18)4/h6,8-11,14H,5,7,12-13H2,1-4H3. The minimum absolute atomic E-state index is 0.441. The molecule has 0 radical (unpaired) electrons. The Morgan fingerprint density at radius 2 is 2.22 bits per heavy atom. The number of hydrogen-bond donors (Lipinski definition) is 0. The zero-order valence-corrected chi connectivity index (χ0v) is 12.2. The molecule has 1 unspecified atom stereocenters. The summed E-state index contributed by atoms with van der Waals surface area (Å²) in [6.07, 6.45) is 13.2. The molecule has 0 aliphatic carbocycles. The molecule has 0 N–H and O–H groups in total. The second-order valence-corrected chi connectivity index (χ2v) is 4.85. The predicted octanol–water partition coefficient (Wildman–Crippen LogP) is 3.97. The molecule has 100 valence electrons. The fourth-order valence-corrected chi connectivity index (χ4v) is 2.05. The SMILES string of the molecule is CC=C(C=CC=CCCC)CN1CC(C)N=C1C. The highest BCUT2D eigenvalue weighted by Crippen LogP contribution is 2.11. The maximum absolute atomic E-state index is 4.56. The van der Waals surface area contributed by atoms with Crippen molar-refractivity contribution in [2.45, 2.75) is 46.6 Å². The normalized spacial score (nSPS) is 21.3. The Labute approximate surface area is 112 Å². The second-order valence-electron chi connectivity index (χ2n) is 4.85. The van der Waals surface area contributed by atoms with Crippen molar-refractivity contribution in [3.8, 4) is 0 Å². The maximum Gasteiger partial charge on any atom is 0.0965 e. The van der Waals surface area contributed by atoms with Crippen molar-refractivity contribution in [2.75, 3.05) is 13.1 Å². The average molecular weight is 246 g/mol. The van der Waals surface area contributed by atoms with Gasteiger partial charge in [0.1, 0.15) is 0 Å². The Hall–Kier alpha value is -1.31. The van der Waals surface area contributed by atoms with Gasteiger partial charge in [-0.05, 0) is 32.8 Å². The quantitative estimate of drug-likeness (QED) is 0.648. The molecule has 2 nitrogen and oxygen atoms in total. The predicted molar refractivity (Wildman–Crippen MR) is 81.1 cm³/mol. The van der Waals surface area contributed by atoms with E-state index in [2.05, 4.69) is 68.0 Å². The van der Waals surface area contributed by atoms with Crippen molar-refractivity contribution in [1.82, 2.24) is 4.90 Å². The third-order valence-electron chi connectivity index (χ3n) is 3.11. The van der Waals surface area contributed by atoms with Crippen LogP contribution in [-0.2, 0) is 0 Å². The van der Waals surface area contributed by atoms with Crippen LogP contribution in [0.4, 0.5) is 0 Å². The van der Waals surface area contributed by atoms with E-state index in [0.29, 0.717) is 6.04 Å². The third kappa shape index (κ3) is 4.91. The van der Waals surface area contributed by atoms with Gasteiger partial charge in [0, 0.05) is 13.1 Å². The minimum Gasteiger partial charge on any atom is -0.354 e. The first-order chi connectivity index (χ1) is 8.67. The van der Waals surface area contributed by atoms with E-state index in [1.54, 1.807) is 0 Å². The van der Waals surface area contributed by atoms with Crippen molar-refractivity contribution < 1.29 is 0 Å². The van der Waals surface area contributed by atoms with Gasteiger partial charge in [-0.25, -0.2) is 0 Å². The van der Waals surface area contributed by atoms with Crippen LogP contribution >= 0.6 is 0 Å². The maximum atomic E-state index is 4.56. The number of rotatable bonds is 6. The fraction of sp³-hybridized carbons (Fsp3) is 0.562. The highest BCUT2D eigenvalue weighted by Gasteiger charge is 2.18. The van der Waals surface area contributed by atoms with Crippen LogP contribution in [0.2, 0.25) is 0 Å². The second kappa shape index (κ2) is 7.91. The lowest BCUT2D eigenvalue weighted by atomic mass is 10.2. The Morgan fingerprint density at radius 3 is 2.78 bits per heavy atom. The molecule has 1 rings (SSSR count). The molecule has 0 bridgehead atoms. The summed E-state index contributed by atoms with van der Waals surface area (Å²) in [5.41, 5.74) is 1.35. The summed E-state index contributed by atoms with van der Waals surface area (Å²) in [6.45, 7) is 10.6. The lowest BCUT2D eigenvalue weighted by Crippen LogP contribution is -2.28. The number of unbranched alkanes of at least 4 members (excludes halogenated alkanes) is 1. The van der Waals surface area contributed by atoms with E-state index in [9.17, 15) is 0 Å². The first kappa shape index (κ1) is 14.7. The molecule has 0 spiro atoms. The molecule has 1 aliphatic heterocycles. The van der Waals surface area contributed by atoms with Gasteiger partial charge in [-0.3, -0.25) is 4.99 Å². The third-order valence-corrected chi connectivity index (χ3v) is 3.11. The molecule has 0 aromatic rings. The summed E-state index contributed by atoms with van der Waals surface area (Å²) in [6, 6.07) is 0.441. The summed E-state index contributed by atoms with van der Waals surface area (Å²) in [5, 5.41) is 0. The topological polar surface area (TPSA) is 15.6 Å². The smallest absolute Gasteiger partial charge is 0.0965 e. The van der Waals surface area contributed by atoms with Gasteiger partial charge in [-0.15, -0.1) is 0 Å². The molecule has 1 aliphatic rings. The number of amidine groups is 1. The van der Waals surface area contributed by atoms with Gasteiger partial charge in [-0.1, -0.05) is 43.7 Å². The van der Waals surface area contributed by atoms with Gasteiger partial charge in [0.25, 0.3) is 0 Å². The van der Waals surface area contributed by atoms with Crippen LogP contribution in [0, 0.1) is 0 Å². The van der Waals surface area contributed by atoms with Crippen LogP contribution in [0.5, 0.6) is 0 Å². The molecule has 0 fully saturated rings. The largest absolute Gasteiger partial charge is 0.354 e. The van der Waals surface area contributed by atoms with E-state index in [-0.39, 0.29) is 0 Å². The van der Waals surface area contributed by atoms with Crippen molar-refractivity contribution >= 4 is 5.84 Å². The molecule has 0 amide bonds. The molecule has 0 aromatic heterocycles. The lowest BCUT2D eigenvalue weighted by Gasteiger charge is -2.19. The molecule has 0 saturated carbocycles. The van der Waals surface area contributed by atoms with Crippen molar-refractivity contribution in [3.05, 3.63) is 36.0 Å². The van der Waals surface area contributed by atoms with Crippen molar-refractivity contribution in [3.63, 3.8) is 0 Å². The highest BCUT2D eigenvalue weighted by molar-refractivity contribution is 5.81. The summed E-state index contributed by atoms with van der Waals surface area (Å²) in [4.78, 5) is 6.90. The van der Waals surface area contributed by atoms with Crippen LogP contribution in [0.25, 0.3) is 0 Å². The highest BCUT2D eigenvalue weighted by atomic mass is 15.2. The number of aliphatic imine (C=N–C) groups is 1. The molecule has 0 aromatic carbocycles. The fourth-order valence-electron chi connectivity index (χ4n) is 2.05. The molecule has 2 heteroatoms. The Balaban J connectivity index is 2.46. The van der Waals surface area contributed by atoms with Gasteiger partial charge in [0.15, 0.2) is 0 Å². The van der Waals surface area contributed by atoms with Gasteiger partial charge in [0.2, 0.25) is 0 Å². The van der Waals surface area contributed by atoms with E-state index < -0.39 is 0 Å². The zero-order valence-electron chi connectivity index (χ0n) is 12.2. The van der Waals surface area contributed by atoms with Crippen molar-refractivity contribution in [2.24, 2.45) is 4.99 Å². The summed E-state index contributed by atoms with van der Waals surface area (Å²) in [7, 11) is 0. The molecule has 0 saturated heterocycles. The van der Waals surface area contributed by atoms with Gasteiger partial charge >= 0.3 is 0 Å². The van der Waals surface area contributed by atoms with Crippen LogP contribution in [0.1, 0.15) is 40.5 Å².